The first-order chi connectivity index (χ1) is 9.87. The SMILES string of the molecule is COc1ccc(O[C@@H]2CCN(C(=O)OC(C)(C)C)C2)nn1. The maximum absolute atomic E-state index is 11.9. The molecule has 21 heavy (non-hydrogen) atoms. The van der Waals surface area contributed by atoms with Gasteiger partial charge in [-0.3, -0.25) is 0 Å². The summed E-state index contributed by atoms with van der Waals surface area (Å²) < 4.78 is 16.0. The predicted molar refractivity (Wildman–Crippen MR) is 75.4 cm³/mol. The third-order valence-electron chi connectivity index (χ3n) is 2.91. The minimum absolute atomic E-state index is 0.0970. The van der Waals surface area contributed by atoms with E-state index in [0.717, 1.165) is 6.42 Å². The summed E-state index contributed by atoms with van der Waals surface area (Å²) in [7, 11) is 1.53. The molecule has 1 aromatic heterocycles. The van der Waals surface area contributed by atoms with E-state index < -0.39 is 5.60 Å². The molecule has 1 aliphatic rings. The van der Waals surface area contributed by atoms with Gasteiger partial charge in [-0.05, 0) is 20.8 Å². The largest absolute Gasteiger partial charge is 0.480 e. The van der Waals surface area contributed by atoms with Crippen LogP contribution >= 0.6 is 0 Å². The number of methoxy groups -OCH3 is 1. The molecule has 1 fully saturated rings. The first kappa shape index (κ1) is 15.3. The van der Waals surface area contributed by atoms with Crippen LogP contribution in [0.2, 0.25) is 0 Å². The lowest BCUT2D eigenvalue weighted by Gasteiger charge is -2.24. The van der Waals surface area contributed by atoms with Gasteiger partial charge in [0, 0.05) is 25.1 Å². The Morgan fingerprint density at radius 3 is 2.52 bits per heavy atom. The van der Waals surface area contributed by atoms with Gasteiger partial charge in [0.15, 0.2) is 0 Å². The molecule has 2 heterocycles. The second-order valence-electron chi connectivity index (χ2n) is 5.87. The number of likely N-dealkylation sites (tertiary alicyclic amines) is 1. The predicted octanol–water partition coefficient (Wildman–Crippen LogP) is 1.87. The van der Waals surface area contributed by atoms with Crippen LogP contribution in [0.1, 0.15) is 27.2 Å². The van der Waals surface area contributed by atoms with Crippen molar-refractivity contribution >= 4 is 6.09 Å². The van der Waals surface area contributed by atoms with E-state index in [4.69, 9.17) is 14.2 Å². The van der Waals surface area contributed by atoms with Crippen molar-refractivity contribution in [2.24, 2.45) is 0 Å². The van der Waals surface area contributed by atoms with Gasteiger partial charge in [0.25, 0.3) is 0 Å². The van der Waals surface area contributed by atoms with Crippen molar-refractivity contribution in [3.8, 4) is 11.8 Å². The summed E-state index contributed by atoms with van der Waals surface area (Å²) in [4.78, 5) is 13.6. The zero-order valence-corrected chi connectivity index (χ0v) is 12.8. The first-order valence-electron chi connectivity index (χ1n) is 6.90. The van der Waals surface area contributed by atoms with Crippen molar-refractivity contribution in [2.75, 3.05) is 20.2 Å². The molecular formula is C14H21N3O4. The molecule has 2 rings (SSSR count). The summed E-state index contributed by atoms with van der Waals surface area (Å²) in [6.45, 7) is 6.65. The Bertz CT molecular complexity index is 484. The molecule has 0 spiro atoms. The number of amides is 1. The smallest absolute Gasteiger partial charge is 0.410 e. The molecule has 1 saturated heterocycles. The van der Waals surface area contributed by atoms with Crippen LogP contribution in [0.25, 0.3) is 0 Å². The van der Waals surface area contributed by atoms with Crippen molar-refractivity contribution in [1.82, 2.24) is 15.1 Å². The highest BCUT2D eigenvalue weighted by Crippen LogP contribution is 2.19. The Kier molecular flexibility index (Phi) is 4.50. The van der Waals surface area contributed by atoms with Crippen LogP contribution in [0.15, 0.2) is 12.1 Å². The molecule has 1 aromatic rings. The maximum atomic E-state index is 11.9. The Morgan fingerprint density at radius 1 is 1.29 bits per heavy atom. The van der Waals surface area contributed by atoms with Crippen LogP contribution in [0.5, 0.6) is 11.8 Å². The average Bonchev–Trinajstić information content (AvgIpc) is 2.86. The summed E-state index contributed by atoms with van der Waals surface area (Å²) in [5, 5.41) is 7.75. The lowest BCUT2D eigenvalue weighted by Crippen LogP contribution is -2.36. The molecule has 0 N–H and O–H groups in total. The van der Waals surface area contributed by atoms with E-state index in [1.807, 2.05) is 20.8 Å². The van der Waals surface area contributed by atoms with Crippen molar-refractivity contribution < 1.29 is 19.0 Å². The molecular weight excluding hydrogens is 274 g/mol. The number of carbonyl (C=O) groups is 1. The Hall–Kier alpha value is -2.05. The molecule has 0 saturated carbocycles. The molecule has 7 heteroatoms. The second-order valence-corrected chi connectivity index (χ2v) is 5.87. The van der Waals surface area contributed by atoms with Crippen LogP contribution in [0.4, 0.5) is 4.79 Å². The highest BCUT2D eigenvalue weighted by atomic mass is 16.6. The summed E-state index contributed by atoms with van der Waals surface area (Å²) in [5.41, 5.74) is -0.489. The van der Waals surface area contributed by atoms with Crippen LogP contribution < -0.4 is 9.47 Å². The molecule has 1 atom stereocenters. The number of ether oxygens (including phenoxy) is 3. The topological polar surface area (TPSA) is 73.8 Å². The molecule has 7 nitrogen and oxygen atoms in total. The number of carbonyl (C=O) groups excluding carboxylic acids is 1. The molecule has 1 aliphatic heterocycles. The highest BCUT2D eigenvalue weighted by molar-refractivity contribution is 5.68. The van der Waals surface area contributed by atoms with Crippen LogP contribution in [-0.4, -0.2) is 53.1 Å². The Balaban J connectivity index is 1.86. The quantitative estimate of drug-likeness (QED) is 0.847. The van der Waals surface area contributed by atoms with Crippen molar-refractivity contribution in [3.63, 3.8) is 0 Å². The van der Waals surface area contributed by atoms with E-state index in [9.17, 15) is 4.79 Å². The van der Waals surface area contributed by atoms with Crippen LogP contribution in [0.3, 0.4) is 0 Å². The van der Waals surface area contributed by atoms with Gasteiger partial charge in [0.05, 0.1) is 13.7 Å². The number of hydrogen-bond acceptors (Lipinski definition) is 6. The van der Waals surface area contributed by atoms with Crippen molar-refractivity contribution in [3.05, 3.63) is 12.1 Å². The van der Waals surface area contributed by atoms with E-state index >= 15 is 0 Å². The average molecular weight is 295 g/mol. The van der Waals surface area contributed by atoms with Gasteiger partial charge < -0.3 is 19.1 Å². The molecule has 0 aliphatic carbocycles. The van der Waals surface area contributed by atoms with Gasteiger partial charge in [0.1, 0.15) is 11.7 Å². The fourth-order valence-corrected chi connectivity index (χ4v) is 1.97. The minimum Gasteiger partial charge on any atom is -0.480 e. The van der Waals surface area contributed by atoms with E-state index in [1.54, 1.807) is 17.0 Å². The van der Waals surface area contributed by atoms with Crippen LogP contribution in [-0.2, 0) is 4.74 Å². The number of hydrogen-bond donors (Lipinski definition) is 0. The normalized spacial score (nSPS) is 18.5. The maximum Gasteiger partial charge on any atom is 0.410 e. The van der Waals surface area contributed by atoms with Gasteiger partial charge in [0.2, 0.25) is 11.8 Å². The standard InChI is InChI=1S/C14H21N3O4/c1-14(2,3)21-13(18)17-8-7-10(9-17)20-12-6-5-11(19-4)15-16-12/h5-6,10H,7-9H2,1-4H3/t10-/m1/s1. The zero-order valence-electron chi connectivity index (χ0n) is 12.8. The monoisotopic (exact) mass is 295 g/mol. The minimum atomic E-state index is -0.489. The van der Waals surface area contributed by atoms with E-state index in [-0.39, 0.29) is 12.2 Å². The zero-order chi connectivity index (χ0) is 15.5. The second kappa shape index (κ2) is 6.15. The highest BCUT2D eigenvalue weighted by Gasteiger charge is 2.31. The Morgan fingerprint density at radius 2 is 1.95 bits per heavy atom. The molecule has 0 aromatic carbocycles. The summed E-state index contributed by atoms with van der Waals surface area (Å²) in [6.07, 6.45) is 0.335. The van der Waals surface area contributed by atoms with Gasteiger partial charge >= 0.3 is 6.09 Å². The Labute approximate surface area is 124 Å². The number of aromatic nitrogens is 2. The molecule has 0 bridgehead atoms. The third kappa shape index (κ3) is 4.47. The van der Waals surface area contributed by atoms with Gasteiger partial charge in [-0.25, -0.2) is 4.79 Å². The molecule has 116 valence electrons. The number of nitrogens with zero attached hydrogens (tertiary/aromatic N) is 3. The number of rotatable bonds is 3. The summed E-state index contributed by atoms with van der Waals surface area (Å²) >= 11 is 0. The molecule has 0 unspecified atom stereocenters. The molecule has 1 amide bonds. The third-order valence-corrected chi connectivity index (χ3v) is 2.91. The van der Waals surface area contributed by atoms with Crippen LogP contribution in [0, 0.1) is 0 Å². The van der Waals surface area contributed by atoms with Crippen molar-refractivity contribution in [1.29, 1.82) is 0 Å². The van der Waals surface area contributed by atoms with E-state index in [1.165, 1.54) is 7.11 Å². The molecule has 0 radical (unpaired) electrons. The summed E-state index contributed by atoms with van der Waals surface area (Å²) in [6, 6.07) is 3.38. The van der Waals surface area contributed by atoms with Crippen molar-refractivity contribution in [2.45, 2.75) is 38.9 Å². The lowest BCUT2D eigenvalue weighted by molar-refractivity contribution is 0.0274. The first-order valence-corrected chi connectivity index (χ1v) is 6.90. The van der Waals surface area contributed by atoms with Gasteiger partial charge in [-0.15, -0.1) is 10.2 Å². The fraction of sp³-hybridized carbons (Fsp3) is 0.643. The summed E-state index contributed by atoms with van der Waals surface area (Å²) in [5.74, 6) is 0.857. The van der Waals surface area contributed by atoms with Gasteiger partial charge in [-0.1, -0.05) is 0 Å². The van der Waals surface area contributed by atoms with E-state index in [2.05, 4.69) is 10.2 Å². The lowest BCUT2D eigenvalue weighted by atomic mass is 10.2. The van der Waals surface area contributed by atoms with Gasteiger partial charge in [-0.2, -0.15) is 0 Å². The van der Waals surface area contributed by atoms with E-state index in [0.29, 0.717) is 24.8 Å². The fourth-order valence-electron chi connectivity index (χ4n) is 1.97.